The molecule has 1 aromatic heterocycles. The summed E-state index contributed by atoms with van der Waals surface area (Å²) in [7, 11) is 1.64. The maximum Gasteiger partial charge on any atom is 0.267 e. The van der Waals surface area contributed by atoms with Crippen molar-refractivity contribution in [1.29, 1.82) is 0 Å². The number of piperazine rings is 3. The van der Waals surface area contributed by atoms with Crippen molar-refractivity contribution >= 4 is 16.8 Å². The number of benzene rings is 1. The molecule has 5 rings (SSSR count). The fourth-order valence-electron chi connectivity index (χ4n) is 3.58. The van der Waals surface area contributed by atoms with Crippen LogP contribution in [0, 0.1) is 0 Å². The number of carbonyl (C=O) groups is 1. The summed E-state index contributed by atoms with van der Waals surface area (Å²) in [6, 6.07) is 8.09. The lowest BCUT2D eigenvalue weighted by atomic mass is 10.1. The first-order valence-electron chi connectivity index (χ1n) is 8.14. The summed E-state index contributed by atoms with van der Waals surface area (Å²) < 4.78 is 5.22. The van der Waals surface area contributed by atoms with Gasteiger partial charge in [0.1, 0.15) is 11.4 Å². The Labute approximate surface area is 135 Å². The van der Waals surface area contributed by atoms with E-state index in [1.54, 1.807) is 7.11 Å². The summed E-state index contributed by atoms with van der Waals surface area (Å²) in [5, 5.41) is 4.09. The molecule has 0 saturated carbocycles. The van der Waals surface area contributed by atoms with Gasteiger partial charge in [0.25, 0.3) is 5.91 Å². The second-order valence-electron chi connectivity index (χ2n) is 6.34. The highest BCUT2D eigenvalue weighted by Gasteiger charge is 2.31. The van der Waals surface area contributed by atoms with Crippen LogP contribution in [0.15, 0.2) is 24.3 Å². The molecular weight excluding hydrogens is 292 g/mol. The van der Waals surface area contributed by atoms with Crippen molar-refractivity contribution in [3.63, 3.8) is 0 Å². The van der Waals surface area contributed by atoms with Gasteiger partial charge in [0.15, 0.2) is 0 Å². The number of fused-ring (bicyclic) bond motifs is 4. The molecule has 1 unspecified atom stereocenters. The maximum atomic E-state index is 12.4. The largest absolute Gasteiger partial charge is 0.497 e. The van der Waals surface area contributed by atoms with Gasteiger partial charge in [0.05, 0.1) is 7.11 Å². The molecule has 1 amide bonds. The van der Waals surface area contributed by atoms with Crippen LogP contribution in [-0.4, -0.2) is 73.1 Å². The minimum atomic E-state index is -0.0437. The summed E-state index contributed by atoms with van der Waals surface area (Å²) in [6.07, 6.45) is 0. The van der Waals surface area contributed by atoms with E-state index < -0.39 is 0 Å². The fraction of sp³-hybridized carbons (Fsp3) is 0.471. The van der Waals surface area contributed by atoms with E-state index in [1.807, 2.05) is 24.3 Å². The lowest BCUT2D eigenvalue weighted by Gasteiger charge is -2.47. The number of rotatable bonds is 4. The van der Waals surface area contributed by atoms with Crippen LogP contribution in [0.4, 0.5) is 0 Å². The van der Waals surface area contributed by atoms with E-state index in [4.69, 9.17) is 4.74 Å². The standard InChI is InChI=1S/C17H22N4O2/c1-23-14-3-2-12-8-16(19-15(12)9-14)17(22)18-10-13-11-20-4-6-21(13)7-5-20/h2-3,8-9,13,19H,4-7,10-11H2,1H3,(H,18,22). The van der Waals surface area contributed by atoms with Gasteiger partial charge in [-0.05, 0) is 18.2 Å². The molecule has 0 aliphatic carbocycles. The molecule has 3 fully saturated rings. The number of carbonyl (C=O) groups excluding carboxylic acids is 1. The molecular formula is C17H22N4O2. The zero-order chi connectivity index (χ0) is 15.8. The molecule has 3 saturated heterocycles. The highest BCUT2D eigenvalue weighted by atomic mass is 16.5. The van der Waals surface area contributed by atoms with Crippen molar-refractivity contribution < 1.29 is 9.53 Å². The predicted octanol–water partition coefficient (Wildman–Crippen LogP) is 0.906. The van der Waals surface area contributed by atoms with Crippen LogP contribution in [0.25, 0.3) is 10.9 Å². The molecule has 6 nitrogen and oxygen atoms in total. The van der Waals surface area contributed by atoms with Gasteiger partial charge in [0.2, 0.25) is 0 Å². The van der Waals surface area contributed by atoms with E-state index in [2.05, 4.69) is 20.1 Å². The molecule has 3 aliphatic rings. The number of hydrogen-bond donors (Lipinski definition) is 2. The molecule has 3 aliphatic heterocycles. The van der Waals surface area contributed by atoms with Crippen LogP contribution in [0.1, 0.15) is 10.5 Å². The predicted molar refractivity (Wildman–Crippen MR) is 89.0 cm³/mol. The number of nitrogens with one attached hydrogen (secondary N) is 2. The third kappa shape index (κ3) is 2.80. The van der Waals surface area contributed by atoms with Crippen molar-refractivity contribution in [1.82, 2.24) is 20.1 Å². The third-order valence-corrected chi connectivity index (χ3v) is 4.96. The average molecular weight is 314 g/mol. The molecule has 2 bridgehead atoms. The minimum absolute atomic E-state index is 0.0437. The Bertz CT molecular complexity index is 718. The summed E-state index contributed by atoms with van der Waals surface area (Å²) in [5.41, 5.74) is 1.52. The Hall–Kier alpha value is -2.05. The summed E-state index contributed by atoms with van der Waals surface area (Å²) in [4.78, 5) is 20.5. The molecule has 2 N–H and O–H groups in total. The van der Waals surface area contributed by atoms with Gasteiger partial charge in [-0.15, -0.1) is 0 Å². The van der Waals surface area contributed by atoms with Gasteiger partial charge in [-0.2, -0.15) is 0 Å². The van der Waals surface area contributed by atoms with E-state index in [1.165, 1.54) is 0 Å². The molecule has 2 aromatic rings. The van der Waals surface area contributed by atoms with Crippen molar-refractivity contribution in [2.24, 2.45) is 0 Å². The van der Waals surface area contributed by atoms with Gasteiger partial charge in [-0.3, -0.25) is 14.6 Å². The number of H-pyrrole nitrogens is 1. The van der Waals surface area contributed by atoms with Crippen molar-refractivity contribution in [3.8, 4) is 5.75 Å². The Morgan fingerprint density at radius 3 is 2.83 bits per heavy atom. The first kappa shape index (κ1) is 14.5. The van der Waals surface area contributed by atoms with Gasteiger partial charge >= 0.3 is 0 Å². The summed E-state index contributed by atoms with van der Waals surface area (Å²) >= 11 is 0. The highest BCUT2D eigenvalue weighted by Crippen LogP contribution is 2.21. The van der Waals surface area contributed by atoms with E-state index in [0.29, 0.717) is 18.3 Å². The van der Waals surface area contributed by atoms with E-state index in [0.717, 1.165) is 49.4 Å². The lowest BCUT2D eigenvalue weighted by molar-refractivity contribution is 0.0138. The quantitative estimate of drug-likeness (QED) is 0.880. The number of hydrogen-bond acceptors (Lipinski definition) is 4. The Morgan fingerprint density at radius 2 is 2.13 bits per heavy atom. The second-order valence-corrected chi connectivity index (χ2v) is 6.34. The maximum absolute atomic E-state index is 12.4. The zero-order valence-electron chi connectivity index (χ0n) is 13.3. The molecule has 6 heteroatoms. The number of aromatic nitrogens is 1. The first-order chi connectivity index (χ1) is 11.2. The van der Waals surface area contributed by atoms with E-state index in [9.17, 15) is 4.79 Å². The average Bonchev–Trinajstić information content (AvgIpc) is 3.04. The Balaban J connectivity index is 1.42. The van der Waals surface area contributed by atoms with Crippen LogP contribution in [0.3, 0.4) is 0 Å². The highest BCUT2D eigenvalue weighted by molar-refractivity contribution is 5.98. The monoisotopic (exact) mass is 314 g/mol. The Morgan fingerprint density at radius 1 is 1.30 bits per heavy atom. The first-order valence-corrected chi connectivity index (χ1v) is 8.14. The number of ether oxygens (including phenoxy) is 1. The van der Waals surface area contributed by atoms with Crippen LogP contribution < -0.4 is 10.1 Å². The summed E-state index contributed by atoms with van der Waals surface area (Å²) in [5.74, 6) is 0.740. The van der Waals surface area contributed by atoms with Crippen molar-refractivity contribution in [2.75, 3.05) is 46.4 Å². The van der Waals surface area contributed by atoms with Crippen molar-refractivity contribution in [3.05, 3.63) is 30.0 Å². The van der Waals surface area contributed by atoms with Crippen LogP contribution in [-0.2, 0) is 0 Å². The molecule has 0 spiro atoms. The molecule has 122 valence electrons. The number of amides is 1. The normalized spacial score (nSPS) is 26.4. The van der Waals surface area contributed by atoms with Crippen LogP contribution >= 0.6 is 0 Å². The number of methoxy groups -OCH3 is 1. The van der Waals surface area contributed by atoms with Crippen LogP contribution in [0.5, 0.6) is 5.75 Å². The Kier molecular flexibility index (Phi) is 3.71. The van der Waals surface area contributed by atoms with E-state index >= 15 is 0 Å². The second kappa shape index (κ2) is 5.86. The minimum Gasteiger partial charge on any atom is -0.497 e. The zero-order valence-corrected chi connectivity index (χ0v) is 13.3. The van der Waals surface area contributed by atoms with Gasteiger partial charge in [0, 0.05) is 62.3 Å². The van der Waals surface area contributed by atoms with Gasteiger partial charge in [-0.1, -0.05) is 0 Å². The van der Waals surface area contributed by atoms with E-state index in [-0.39, 0.29) is 5.91 Å². The molecule has 4 heterocycles. The smallest absolute Gasteiger partial charge is 0.267 e. The third-order valence-electron chi connectivity index (χ3n) is 4.96. The van der Waals surface area contributed by atoms with Gasteiger partial charge < -0.3 is 15.0 Å². The van der Waals surface area contributed by atoms with Crippen molar-refractivity contribution in [2.45, 2.75) is 6.04 Å². The summed E-state index contributed by atoms with van der Waals surface area (Å²) in [6.45, 7) is 6.32. The lowest BCUT2D eigenvalue weighted by Crippen LogP contribution is -2.63. The molecule has 1 atom stereocenters. The molecule has 23 heavy (non-hydrogen) atoms. The molecule has 1 aromatic carbocycles. The number of nitrogens with zero attached hydrogens (tertiary/aromatic N) is 2. The topological polar surface area (TPSA) is 60.6 Å². The van der Waals surface area contributed by atoms with Crippen LogP contribution in [0.2, 0.25) is 0 Å². The van der Waals surface area contributed by atoms with Gasteiger partial charge in [-0.25, -0.2) is 0 Å². The SMILES string of the molecule is COc1ccc2cc(C(=O)NCC3CN4CCN3CC4)[nH]c2c1. The number of aromatic amines is 1. The fourth-order valence-corrected chi connectivity index (χ4v) is 3.58. The molecule has 0 radical (unpaired) electrons.